The first-order valence-corrected chi connectivity index (χ1v) is 9.36. The molecule has 2 aliphatic rings. The van der Waals surface area contributed by atoms with Crippen molar-refractivity contribution in [1.29, 1.82) is 0 Å². The molecule has 10 heteroatoms. The summed E-state index contributed by atoms with van der Waals surface area (Å²) >= 11 is 0. The number of carboxylic acid groups (broad SMARTS) is 1. The van der Waals surface area contributed by atoms with E-state index in [4.69, 9.17) is 19.4 Å². The van der Waals surface area contributed by atoms with E-state index in [1.54, 1.807) is 12.3 Å². The number of carboxylic acids is 1. The molecule has 1 N–H and O–H groups in total. The van der Waals surface area contributed by atoms with Crippen LogP contribution in [0.5, 0.6) is 0 Å². The zero-order chi connectivity index (χ0) is 21.5. The first-order valence-electron chi connectivity index (χ1n) is 9.36. The van der Waals surface area contributed by atoms with E-state index in [1.165, 1.54) is 0 Å². The molecule has 7 nitrogen and oxygen atoms in total. The van der Waals surface area contributed by atoms with Crippen LogP contribution < -0.4 is 0 Å². The fraction of sp³-hybridized carbons (Fsp3) is 0.632. The normalized spacial score (nSPS) is 20.8. The summed E-state index contributed by atoms with van der Waals surface area (Å²) in [6.45, 7) is 5.82. The van der Waals surface area contributed by atoms with Crippen molar-refractivity contribution in [2.75, 3.05) is 32.9 Å². The number of alkyl halides is 3. The lowest BCUT2D eigenvalue weighted by Crippen LogP contribution is -2.43. The fourth-order valence-electron chi connectivity index (χ4n) is 3.44. The Kier molecular flexibility index (Phi) is 7.97. The molecular formula is C19H25F3N2O5. The van der Waals surface area contributed by atoms with Crippen molar-refractivity contribution >= 4 is 11.9 Å². The van der Waals surface area contributed by atoms with Crippen LogP contribution in [0.2, 0.25) is 0 Å². The summed E-state index contributed by atoms with van der Waals surface area (Å²) in [4.78, 5) is 27.4. The number of nitrogens with zero attached hydrogens (tertiary/aromatic N) is 2. The summed E-state index contributed by atoms with van der Waals surface area (Å²) in [5.74, 6) is -2.72. The minimum atomic E-state index is -5.08. The van der Waals surface area contributed by atoms with Crippen molar-refractivity contribution in [1.82, 2.24) is 9.88 Å². The Morgan fingerprint density at radius 3 is 2.52 bits per heavy atom. The molecule has 1 unspecified atom stereocenters. The van der Waals surface area contributed by atoms with Gasteiger partial charge in [0, 0.05) is 25.9 Å². The third-order valence-corrected chi connectivity index (χ3v) is 5.03. The van der Waals surface area contributed by atoms with Gasteiger partial charge in [0.15, 0.2) is 0 Å². The molecule has 0 saturated carbocycles. The molecule has 0 aromatic carbocycles. The quantitative estimate of drug-likeness (QED) is 0.809. The Morgan fingerprint density at radius 1 is 1.34 bits per heavy atom. The number of hydrogen-bond donors (Lipinski definition) is 1. The molecule has 162 valence electrons. The van der Waals surface area contributed by atoms with Crippen molar-refractivity contribution in [2.24, 2.45) is 5.41 Å². The van der Waals surface area contributed by atoms with Crippen LogP contribution in [-0.2, 0) is 14.3 Å². The number of halogens is 3. The molecule has 2 saturated heterocycles. The second-order valence-corrected chi connectivity index (χ2v) is 7.11. The molecule has 0 bridgehead atoms. The van der Waals surface area contributed by atoms with Crippen LogP contribution in [0.3, 0.4) is 0 Å². The minimum absolute atomic E-state index is 0.0419. The molecule has 1 aromatic rings. The standard InChI is InChI=1S/C17H24N2O3.C2HF3O2/c1-2-21-12-14-11-17(13-22-14)6-9-19(10-7-17)16(20)15-5-3-4-8-18-15;3-2(4,5)1(6)7/h3-5,8,14H,2,6-7,9-13H2,1H3;(H,6,7). The van der Waals surface area contributed by atoms with E-state index in [0.29, 0.717) is 12.3 Å². The minimum Gasteiger partial charge on any atom is -0.475 e. The number of likely N-dealkylation sites (tertiary alicyclic amines) is 1. The van der Waals surface area contributed by atoms with Gasteiger partial charge < -0.3 is 19.5 Å². The van der Waals surface area contributed by atoms with Gasteiger partial charge in [0.2, 0.25) is 0 Å². The number of aliphatic carboxylic acids is 1. The van der Waals surface area contributed by atoms with Gasteiger partial charge in [0.05, 0.1) is 19.3 Å². The average molecular weight is 418 g/mol. The Morgan fingerprint density at radius 2 is 2.00 bits per heavy atom. The SMILES string of the molecule is CCOCC1CC2(CCN(C(=O)c3ccccn3)CC2)CO1.O=C(O)C(F)(F)F. The van der Waals surface area contributed by atoms with Gasteiger partial charge in [0.25, 0.3) is 5.91 Å². The highest BCUT2D eigenvalue weighted by Crippen LogP contribution is 2.42. The molecule has 29 heavy (non-hydrogen) atoms. The molecule has 1 aromatic heterocycles. The van der Waals surface area contributed by atoms with Crippen molar-refractivity contribution in [3.63, 3.8) is 0 Å². The van der Waals surface area contributed by atoms with E-state index in [-0.39, 0.29) is 17.4 Å². The molecule has 0 aliphatic carbocycles. The summed E-state index contributed by atoms with van der Waals surface area (Å²) < 4.78 is 43.1. The van der Waals surface area contributed by atoms with E-state index in [9.17, 15) is 18.0 Å². The van der Waals surface area contributed by atoms with Gasteiger partial charge >= 0.3 is 12.1 Å². The number of ether oxygens (including phenoxy) is 2. The van der Waals surface area contributed by atoms with Gasteiger partial charge in [-0.05, 0) is 43.7 Å². The van der Waals surface area contributed by atoms with Crippen molar-refractivity contribution in [3.8, 4) is 0 Å². The molecule has 0 radical (unpaired) electrons. The number of piperidine rings is 1. The highest BCUT2D eigenvalue weighted by Gasteiger charge is 2.43. The first kappa shape index (κ1) is 23.1. The predicted octanol–water partition coefficient (Wildman–Crippen LogP) is 2.76. The molecule has 3 heterocycles. The number of pyridine rings is 1. The van der Waals surface area contributed by atoms with Gasteiger partial charge in [-0.3, -0.25) is 9.78 Å². The molecular weight excluding hydrogens is 393 g/mol. The molecule has 2 aliphatic heterocycles. The van der Waals surface area contributed by atoms with Crippen molar-refractivity contribution in [3.05, 3.63) is 30.1 Å². The highest BCUT2D eigenvalue weighted by atomic mass is 19.4. The maximum absolute atomic E-state index is 12.4. The Hall–Kier alpha value is -2.20. The van der Waals surface area contributed by atoms with Crippen LogP contribution >= 0.6 is 0 Å². The summed E-state index contributed by atoms with van der Waals surface area (Å²) in [7, 11) is 0. The number of rotatable bonds is 4. The monoisotopic (exact) mass is 418 g/mol. The maximum Gasteiger partial charge on any atom is 0.490 e. The summed E-state index contributed by atoms with van der Waals surface area (Å²) in [5.41, 5.74) is 0.776. The largest absolute Gasteiger partial charge is 0.490 e. The number of carbonyl (C=O) groups excluding carboxylic acids is 1. The van der Waals surface area contributed by atoms with Gasteiger partial charge in [-0.1, -0.05) is 6.07 Å². The summed E-state index contributed by atoms with van der Waals surface area (Å²) in [5, 5.41) is 7.12. The maximum atomic E-state index is 12.4. The van der Waals surface area contributed by atoms with E-state index in [1.807, 2.05) is 24.0 Å². The second-order valence-electron chi connectivity index (χ2n) is 7.11. The third-order valence-electron chi connectivity index (χ3n) is 5.03. The molecule has 3 rings (SSSR count). The smallest absolute Gasteiger partial charge is 0.475 e. The van der Waals surface area contributed by atoms with Gasteiger partial charge in [0.1, 0.15) is 5.69 Å². The van der Waals surface area contributed by atoms with Gasteiger partial charge in [-0.25, -0.2) is 4.79 Å². The van der Waals surface area contributed by atoms with Crippen LogP contribution in [0.25, 0.3) is 0 Å². The second kappa shape index (κ2) is 10.0. The van der Waals surface area contributed by atoms with Gasteiger partial charge in [-0.2, -0.15) is 13.2 Å². The van der Waals surface area contributed by atoms with Crippen LogP contribution in [-0.4, -0.2) is 72.1 Å². The lowest BCUT2D eigenvalue weighted by atomic mass is 9.76. The van der Waals surface area contributed by atoms with Crippen LogP contribution in [0.1, 0.15) is 36.7 Å². The van der Waals surface area contributed by atoms with E-state index in [0.717, 1.165) is 45.6 Å². The van der Waals surface area contributed by atoms with Crippen LogP contribution in [0.15, 0.2) is 24.4 Å². The number of hydrogen-bond acceptors (Lipinski definition) is 5. The van der Waals surface area contributed by atoms with Crippen LogP contribution in [0, 0.1) is 5.41 Å². The highest BCUT2D eigenvalue weighted by molar-refractivity contribution is 5.92. The average Bonchev–Trinajstić information content (AvgIpc) is 3.09. The Labute approximate surface area is 166 Å². The molecule has 2 fully saturated rings. The summed E-state index contributed by atoms with van der Waals surface area (Å²) in [6, 6.07) is 5.47. The Balaban J connectivity index is 0.000000370. The number of aromatic nitrogens is 1. The fourth-order valence-corrected chi connectivity index (χ4v) is 3.44. The Bertz CT molecular complexity index is 676. The zero-order valence-electron chi connectivity index (χ0n) is 16.2. The zero-order valence-corrected chi connectivity index (χ0v) is 16.2. The lowest BCUT2D eigenvalue weighted by molar-refractivity contribution is -0.192. The van der Waals surface area contributed by atoms with E-state index in [2.05, 4.69) is 4.98 Å². The van der Waals surface area contributed by atoms with E-state index < -0.39 is 12.1 Å². The molecule has 1 spiro atoms. The van der Waals surface area contributed by atoms with Gasteiger partial charge in [-0.15, -0.1) is 0 Å². The van der Waals surface area contributed by atoms with Crippen molar-refractivity contribution in [2.45, 2.75) is 38.5 Å². The summed E-state index contributed by atoms with van der Waals surface area (Å²) in [6.07, 6.45) is -0.124. The molecule has 1 atom stereocenters. The lowest BCUT2D eigenvalue weighted by Gasteiger charge is -2.38. The third kappa shape index (κ3) is 6.67. The van der Waals surface area contributed by atoms with E-state index >= 15 is 0 Å². The first-order chi connectivity index (χ1) is 13.7. The number of amides is 1. The van der Waals surface area contributed by atoms with Crippen LogP contribution in [0.4, 0.5) is 13.2 Å². The topological polar surface area (TPSA) is 89.0 Å². The predicted molar refractivity (Wildman–Crippen MR) is 96.3 cm³/mol. The van der Waals surface area contributed by atoms with Crippen molar-refractivity contribution < 1.29 is 37.3 Å². The number of carbonyl (C=O) groups is 2. The molecule has 1 amide bonds.